The first kappa shape index (κ1) is 9.26. The molecule has 4 heteroatoms. The average molecular weight is 179 g/mol. The van der Waals surface area contributed by atoms with Crippen LogP contribution in [0.5, 0.6) is 0 Å². The van der Waals surface area contributed by atoms with Gasteiger partial charge in [-0.05, 0) is 0 Å². The normalized spacial score (nSPS) is 41.7. The molecule has 0 aromatic heterocycles. The van der Waals surface area contributed by atoms with Gasteiger partial charge in [0.2, 0.25) is 0 Å². The van der Waals surface area contributed by atoms with Gasteiger partial charge in [-0.25, -0.2) is 0 Å². The summed E-state index contributed by atoms with van der Waals surface area (Å²) < 4.78 is 0. The second-order valence-electron chi connectivity index (χ2n) is 3.17. The van der Waals surface area contributed by atoms with Crippen LogP contribution in [0.2, 0.25) is 0 Å². The molecule has 3 rings (SSSR count). The number of hydrogen-bond donors (Lipinski definition) is 1. The molecule has 66 valence electrons. The predicted octanol–water partition coefficient (Wildman–Crippen LogP) is -0.600. The van der Waals surface area contributed by atoms with Crippen molar-refractivity contribution in [1.29, 1.82) is 0 Å². The van der Waals surface area contributed by atoms with E-state index in [-0.39, 0.29) is 12.4 Å². The second-order valence-corrected chi connectivity index (χ2v) is 3.17. The molecule has 2 bridgehead atoms. The van der Waals surface area contributed by atoms with E-state index in [1.807, 2.05) is 0 Å². The molecule has 3 fully saturated rings. The molecule has 0 aromatic carbocycles. The summed E-state index contributed by atoms with van der Waals surface area (Å²) in [4.78, 5) is 4.82. The molecule has 0 radical (unpaired) electrons. The standard InChI is InChI=1S/C7H14N2O.ClH/c10-6-7-5-8-1-3-9(7)4-2-8;/h7,10H,1-6H2;1H. The van der Waals surface area contributed by atoms with E-state index >= 15 is 0 Å². The Hall–Kier alpha value is 0.170. The monoisotopic (exact) mass is 178 g/mol. The summed E-state index contributed by atoms with van der Waals surface area (Å²) in [7, 11) is 0. The fourth-order valence-corrected chi connectivity index (χ4v) is 1.90. The van der Waals surface area contributed by atoms with E-state index < -0.39 is 0 Å². The Morgan fingerprint density at radius 1 is 1.18 bits per heavy atom. The first-order valence-corrected chi connectivity index (χ1v) is 3.97. The van der Waals surface area contributed by atoms with E-state index in [1.165, 1.54) is 13.1 Å². The van der Waals surface area contributed by atoms with Crippen molar-refractivity contribution in [3.05, 3.63) is 0 Å². The highest BCUT2D eigenvalue weighted by Crippen LogP contribution is 2.14. The van der Waals surface area contributed by atoms with Crippen molar-refractivity contribution < 1.29 is 5.11 Å². The van der Waals surface area contributed by atoms with Gasteiger partial charge < -0.3 is 5.11 Å². The third kappa shape index (κ3) is 1.67. The van der Waals surface area contributed by atoms with Crippen LogP contribution in [0.1, 0.15) is 0 Å². The van der Waals surface area contributed by atoms with Gasteiger partial charge in [-0.15, -0.1) is 12.4 Å². The smallest absolute Gasteiger partial charge is 0.0599 e. The van der Waals surface area contributed by atoms with Gasteiger partial charge in [0, 0.05) is 38.8 Å². The fourth-order valence-electron chi connectivity index (χ4n) is 1.90. The third-order valence-corrected chi connectivity index (χ3v) is 2.60. The lowest BCUT2D eigenvalue weighted by atomic mass is 10.1. The molecule has 0 aromatic rings. The van der Waals surface area contributed by atoms with Crippen LogP contribution in [0.25, 0.3) is 0 Å². The highest BCUT2D eigenvalue weighted by molar-refractivity contribution is 5.85. The van der Waals surface area contributed by atoms with E-state index in [0.717, 1.165) is 19.6 Å². The van der Waals surface area contributed by atoms with E-state index in [4.69, 9.17) is 5.11 Å². The van der Waals surface area contributed by atoms with E-state index in [0.29, 0.717) is 12.6 Å². The van der Waals surface area contributed by atoms with Gasteiger partial charge in [0.25, 0.3) is 0 Å². The average Bonchev–Trinajstić information content (AvgIpc) is 2.06. The first-order chi connectivity index (χ1) is 4.90. The molecule has 1 unspecified atom stereocenters. The number of halogens is 1. The summed E-state index contributed by atoms with van der Waals surface area (Å²) in [6, 6.07) is 0.433. The van der Waals surface area contributed by atoms with Crippen LogP contribution < -0.4 is 0 Å². The maximum absolute atomic E-state index is 8.94. The van der Waals surface area contributed by atoms with Crippen LogP contribution >= 0.6 is 12.4 Å². The maximum Gasteiger partial charge on any atom is 0.0599 e. The second kappa shape index (κ2) is 3.72. The van der Waals surface area contributed by atoms with Crippen molar-refractivity contribution in [2.75, 3.05) is 39.3 Å². The van der Waals surface area contributed by atoms with Gasteiger partial charge in [-0.2, -0.15) is 0 Å². The predicted molar refractivity (Wildman–Crippen MR) is 46.1 cm³/mol. The SMILES string of the molecule is Cl.OCC1CN2CCN1CC2. The van der Waals surface area contributed by atoms with Crippen LogP contribution in [0.3, 0.4) is 0 Å². The maximum atomic E-state index is 8.94. The lowest BCUT2D eigenvalue weighted by Crippen LogP contribution is -2.61. The Balaban J connectivity index is 0.000000605. The molecule has 3 saturated heterocycles. The summed E-state index contributed by atoms with van der Waals surface area (Å²) in [5, 5.41) is 8.94. The lowest BCUT2D eigenvalue weighted by Gasteiger charge is -2.46. The lowest BCUT2D eigenvalue weighted by molar-refractivity contribution is -0.0104. The van der Waals surface area contributed by atoms with Crippen molar-refractivity contribution >= 4 is 12.4 Å². The Morgan fingerprint density at radius 3 is 2.09 bits per heavy atom. The van der Waals surface area contributed by atoms with Crippen LogP contribution in [0.15, 0.2) is 0 Å². The van der Waals surface area contributed by atoms with E-state index in [2.05, 4.69) is 9.80 Å². The molecule has 0 saturated carbocycles. The van der Waals surface area contributed by atoms with E-state index in [9.17, 15) is 0 Å². The molecule has 0 amide bonds. The van der Waals surface area contributed by atoms with Crippen LogP contribution in [0, 0.1) is 0 Å². The molecule has 1 atom stereocenters. The fraction of sp³-hybridized carbons (Fsp3) is 1.00. The molecule has 0 spiro atoms. The van der Waals surface area contributed by atoms with Crippen LogP contribution in [-0.2, 0) is 0 Å². The Kier molecular flexibility index (Phi) is 3.13. The van der Waals surface area contributed by atoms with E-state index in [1.54, 1.807) is 0 Å². The molecular weight excluding hydrogens is 164 g/mol. The van der Waals surface area contributed by atoms with Crippen molar-refractivity contribution in [1.82, 2.24) is 9.80 Å². The molecule has 0 aliphatic carbocycles. The zero-order chi connectivity index (χ0) is 6.97. The van der Waals surface area contributed by atoms with Crippen molar-refractivity contribution in [2.45, 2.75) is 6.04 Å². The number of nitrogens with zero attached hydrogens (tertiary/aromatic N) is 2. The number of hydrogen-bond acceptors (Lipinski definition) is 3. The Labute approximate surface area is 73.4 Å². The summed E-state index contributed by atoms with van der Waals surface area (Å²) in [5.74, 6) is 0. The van der Waals surface area contributed by atoms with Gasteiger partial charge in [0.1, 0.15) is 0 Å². The number of aliphatic hydroxyl groups excluding tert-OH is 1. The molecule has 1 N–H and O–H groups in total. The van der Waals surface area contributed by atoms with Gasteiger partial charge in [0.15, 0.2) is 0 Å². The van der Waals surface area contributed by atoms with Gasteiger partial charge in [-0.1, -0.05) is 0 Å². The number of aliphatic hydroxyl groups is 1. The van der Waals surface area contributed by atoms with Crippen molar-refractivity contribution in [2.24, 2.45) is 0 Å². The zero-order valence-corrected chi connectivity index (χ0v) is 7.39. The van der Waals surface area contributed by atoms with Gasteiger partial charge in [-0.3, -0.25) is 9.80 Å². The molecule has 3 nitrogen and oxygen atoms in total. The van der Waals surface area contributed by atoms with Crippen molar-refractivity contribution in [3.63, 3.8) is 0 Å². The topological polar surface area (TPSA) is 26.7 Å². The molecule has 3 heterocycles. The number of piperazine rings is 3. The van der Waals surface area contributed by atoms with Crippen LogP contribution in [-0.4, -0.2) is 60.3 Å². The largest absolute Gasteiger partial charge is 0.395 e. The summed E-state index contributed by atoms with van der Waals surface area (Å²) in [6.45, 7) is 6.14. The van der Waals surface area contributed by atoms with Gasteiger partial charge in [0.05, 0.1) is 6.61 Å². The minimum absolute atomic E-state index is 0. The molecule has 3 aliphatic heterocycles. The minimum Gasteiger partial charge on any atom is -0.395 e. The molecular formula is C7H15ClN2O. The third-order valence-electron chi connectivity index (χ3n) is 2.60. The number of rotatable bonds is 1. The minimum atomic E-state index is 0. The number of fused-ring (bicyclic) bond motifs is 3. The molecule has 3 aliphatic rings. The Morgan fingerprint density at radius 2 is 1.82 bits per heavy atom. The highest BCUT2D eigenvalue weighted by Gasteiger charge is 2.30. The quantitative estimate of drug-likeness (QED) is 0.581. The van der Waals surface area contributed by atoms with Crippen LogP contribution in [0.4, 0.5) is 0 Å². The summed E-state index contributed by atoms with van der Waals surface area (Å²) in [5.41, 5.74) is 0. The molecule has 11 heavy (non-hydrogen) atoms. The first-order valence-electron chi connectivity index (χ1n) is 3.97. The van der Waals surface area contributed by atoms with Crippen molar-refractivity contribution in [3.8, 4) is 0 Å². The Bertz CT molecular complexity index is 126. The zero-order valence-electron chi connectivity index (χ0n) is 6.57. The van der Waals surface area contributed by atoms with Gasteiger partial charge >= 0.3 is 0 Å². The highest BCUT2D eigenvalue weighted by atomic mass is 35.5. The summed E-state index contributed by atoms with van der Waals surface area (Å²) in [6.07, 6.45) is 0. The summed E-state index contributed by atoms with van der Waals surface area (Å²) >= 11 is 0.